The fourth-order valence-electron chi connectivity index (χ4n) is 4.15. The van der Waals surface area contributed by atoms with E-state index in [9.17, 15) is 10.1 Å². The first-order chi connectivity index (χ1) is 13.6. The number of hydrogen-bond acceptors (Lipinski definition) is 4. The number of piperidine rings is 1. The van der Waals surface area contributed by atoms with E-state index in [1.807, 2.05) is 52.3 Å². The fraction of sp³-hybridized carbons (Fsp3) is 0.429. The van der Waals surface area contributed by atoms with Gasteiger partial charge < -0.3 is 14.0 Å². The number of fused-ring (bicyclic) bond motifs is 1. The van der Waals surface area contributed by atoms with E-state index < -0.39 is 0 Å². The Balaban J connectivity index is 1.43. The molecule has 0 aliphatic carbocycles. The Morgan fingerprint density at radius 3 is 2.71 bits per heavy atom. The molecule has 1 aromatic carbocycles. The van der Waals surface area contributed by atoms with Gasteiger partial charge in [0, 0.05) is 37.6 Å². The van der Waals surface area contributed by atoms with Gasteiger partial charge in [-0.2, -0.15) is 5.26 Å². The van der Waals surface area contributed by atoms with E-state index in [4.69, 9.17) is 0 Å². The van der Waals surface area contributed by atoms with Crippen molar-refractivity contribution in [2.45, 2.75) is 32.7 Å². The summed E-state index contributed by atoms with van der Waals surface area (Å²) in [6, 6.07) is 10.1. The summed E-state index contributed by atoms with van der Waals surface area (Å²) in [5.41, 5.74) is 2.46. The smallest absolute Gasteiger partial charge is 0.242 e. The first-order valence-electron chi connectivity index (χ1n) is 9.67. The lowest BCUT2D eigenvalue weighted by atomic mass is 9.93. The van der Waals surface area contributed by atoms with Crippen molar-refractivity contribution in [3.8, 4) is 6.07 Å². The molecule has 7 nitrogen and oxygen atoms in total. The lowest BCUT2D eigenvalue weighted by Gasteiger charge is -2.32. The summed E-state index contributed by atoms with van der Waals surface area (Å²) in [5.74, 6) is 1.65. The SMILES string of the molecule is Cc1c(C#N)c2ccccc2n1CC(=O)N1CCC(Cc2nncn2C)CC1. The predicted molar refractivity (Wildman–Crippen MR) is 105 cm³/mol. The molecule has 1 fully saturated rings. The van der Waals surface area contributed by atoms with Crippen LogP contribution in [0, 0.1) is 24.2 Å². The van der Waals surface area contributed by atoms with Crippen molar-refractivity contribution in [3.63, 3.8) is 0 Å². The van der Waals surface area contributed by atoms with Gasteiger partial charge in [0.15, 0.2) is 0 Å². The van der Waals surface area contributed by atoms with E-state index in [0.717, 1.165) is 54.8 Å². The Labute approximate surface area is 164 Å². The molecule has 7 heteroatoms. The number of carbonyl (C=O) groups excluding carboxylic acids is 1. The van der Waals surface area contributed by atoms with Gasteiger partial charge in [-0.1, -0.05) is 18.2 Å². The summed E-state index contributed by atoms with van der Waals surface area (Å²) in [5, 5.41) is 18.5. The molecule has 0 bridgehead atoms. The number of aromatic nitrogens is 4. The van der Waals surface area contributed by atoms with Crippen LogP contribution in [0.1, 0.15) is 29.9 Å². The minimum absolute atomic E-state index is 0.116. The van der Waals surface area contributed by atoms with E-state index in [-0.39, 0.29) is 12.5 Å². The first kappa shape index (κ1) is 18.2. The molecule has 1 aliphatic rings. The second kappa shape index (κ2) is 7.47. The molecule has 0 saturated carbocycles. The molecular formula is C21H24N6O. The van der Waals surface area contributed by atoms with Crippen molar-refractivity contribution in [2.24, 2.45) is 13.0 Å². The summed E-state index contributed by atoms with van der Waals surface area (Å²) in [4.78, 5) is 14.9. The van der Waals surface area contributed by atoms with E-state index >= 15 is 0 Å². The highest BCUT2D eigenvalue weighted by molar-refractivity contribution is 5.89. The largest absolute Gasteiger partial charge is 0.341 e. The highest BCUT2D eigenvalue weighted by atomic mass is 16.2. The molecule has 0 spiro atoms. The number of para-hydroxylation sites is 1. The first-order valence-corrected chi connectivity index (χ1v) is 9.67. The quantitative estimate of drug-likeness (QED) is 0.700. The third-order valence-electron chi connectivity index (χ3n) is 5.88. The number of nitriles is 1. The number of amides is 1. The molecule has 0 unspecified atom stereocenters. The van der Waals surface area contributed by atoms with E-state index in [1.54, 1.807) is 6.33 Å². The van der Waals surface area contributed by atoms with Gasteiger partial charge in [0.2, 0.25) is 5.91 Å². The molecular weight excluding hydrogens is 352 g/mol. The third kappa shape index (κ3) is 3.26. The second-order valence-corrected chi connectivity index (χ2v) is 7.56. The van der Waals surface area contributed by atoms with Crippen LogP contribution in [0.15, 0.2) is 30.6 Å². The molecule has 144 valence electrons. The number of nitrogens with zero attached hydrogens (tertiary/aromatic N) is 6. The minimum atomic E-state index is 0.116. The molecule has 28 heavy (non-hydrogen) atoms. The summed E-state index contributed by atoms with van der Waals surface area (Å²) in [6.45, 7) is 3.73. The van der Waals surface area contributed by atoms with Gasteiger partial charge in [-0.25, -0.2) is 0 Å². The van der Waals surface area contributed by atoms with Crippen LogP contribution in [0.2, 0.25) is 0 Å². The molecule has 0 atom stereocenters. The highest BCUT2D eigenvalue weighted by Gasteiger charge is 2.25. The zero-order chi connectivity index (χ0) is 19.7. The van der Waals surface area contributed by atoms with Crippen LogP contribution in [0.25, 0.3) is 10.9 Å². The minimum Gasteiger partial charge on any atom is -0.341 e. The number of benzene rings is 1. The van der Waals surface area contributed by atoms with E-state index in [0.29, 0.717) is 11.5 Å². The topological polar surface area (TPSA) is 79.7 Å². The maximum Gasteiger partial charge on any atom is 0.242 e. The number of hydrogen-bond donors (Lipinski definition) is 0. The molecule has 3 heterocycles. The molecule has 3 aromatic rings. The van der Waals surface area contributed by atoms with Crippen molar-refractivity contribution >= 4 is 16.8 Å². The van der Waals surface area contributed by atoms with Crippen molar-refractivity contribution in [3.05, 3.63) is 47.7 Å². The van der Waals surface area contributed by atoms with E-state index in [1.165, 1.54) is 0 Å². The van der Waals surface area contributed by atoms with Crippen LogP contribution in [0.4, 0.5) is 0 Å². The zero-order valence-electron chi connectivity index (χ0n) is 16.3. The lowest BCUT2D eigenvalue weighted by Crippen LogP contribution is -2.40. The van der Waals surface area contributed by atoms with Crippen molar-refractivity contribution in [1.82, 2.24) is 24.2 Å². The summed E-state index contributed by atoms with van der Waals surface area (Å²) >= 11 is 0. The van der Waals surface area contributed by atoms with Crippen LogP contribution < -0.4 is 0 Å². The number of aryl methyl sites for hydroxylation is 1. The van der Waals surface area contributed by atoms with Gasteiger partial charge in [-0.05, 0) is 31.7 Å². The Kier molecular flexibility index (Phi) is 4.86. The molecule has 1 amide bonds. The number of carbonyl (C=O) groups is 1. The average Bonchev–Trinajstić information content (AvgIpc) is 3.23. The number of rotatable bonds is 4. The van der Waals surface area contributed by atoms with Gasteiger partial charge in [-0.15, -0.1) is 10.2 Å². The van der Waals surface area contributed by atoms with Crippen molar-refractivity contribution in [2.75, 3.05) is 13.1 Å². The summed E-state index contributed by atoms with van der Waals surface area (Å²) in [7, 11) is 1.97. The van der Waals surface area contributed by atoms with Crippen molar-refractivity contribution < 1.29 is 4.79 Å². The van der Waals surface area contributed by atoms with Crippen LogP contribution in [-0.4, -0.2) is 43.2 Å². The van der Waals surface area contributed by atoms with Crippen LogP contribution in [0.3, 0.4) is 0 Å². The van der Waals surface area contributed by atoms with Crippen LogP contribution in [-0.2, 0) is 24.8 Å². The van der Waals surface area contributed by atoms with Gasteiger partial charge in [-0.3, -0.25) is 4.79 Å². The standard InChI is InChI=1S/C21H24N6O/c1-15-18(12-22)17-5-3-4-6-19(17)27(15)13-21(28)26-9-7-16(8-10-26)11-20-24-23-14-25(20)2/h3-6,14,16H,7-11,13H2,1-2H3. The molecule has 0 N–H and O–H groups in total. The molecule has 2 aromatic heterocycles. The lowest BCUT2D eigenvalue weighted by molar-refractivity contribution is -0.133. The van der Waals surface area contributed by atoms with Crippen LogP contribution in [0.5, 0.6) is 0 Å². The molecule has 0 radical (unpaired) electrons. The van der Waals surface area contributed by atoms with Gasteiger partial charge in [0.1, 0.15) is 24.8 Å². The van der Waals surface area contributed by atoms with Gasteiger partial charge >= 0.3 is 0 Å². The summed E-state index contributed by atoms with van der Waals surface area (Å²) in [6.07, 6.45) is 4.60. The van der Waals surface area contributed by atoms with Crippen molar-refractivity contribution in [1.29, 1.82) is 5.26 Å². The third-order valence-corrected chi connectivity index (χ3v) is 5.88. The summed E-state index contributed by atoms with van der Waals surface area (Å²) < 4.78 is 3.94. The Morgan fingerprint density at radius 1 is 1.29 bits per heavy atom. The van der Waals surface area contributed by atoms with Gasteiger partial charge in [0.05, 0.1) is 11.1 Å². The molecule has 1 aliphatic heterocycles. The highest BCUT2D eigenvalue weighted by Crippen LogP contribution is 2.26. The molecule has 4 rings (SSSR count). The average molecular weight is 376 g/mol. The molecule has 1 saturated heterocycles. The Bertz CT molecular complexity index is 1050. The number of likely N-dealkylation sites (tertiary alicyclic amines) is 1. The normalized spacial score (nSPS) is 15.1. The Morgan fingerprint density at radius 2 is 2.04 bits per heavy atom. The maximum absolute atomic E-state index is 12.9. The Hall–Kier alpha value is -3.14. The van der Waals surface area contributed by atoms with Gasteiger partial charge in [0.25, 0.3) is 0 Å². The second-order valence-electron chi connectivity index (χ2n) is 7.56. The zero-order valence-corrected chi connectivity index (χ0v) is 16.3. The maximum atomic E-state index is 12.9. The predicted octanol–water partition coefficient (Wildman–Crippen LogP) is 2.43. The van der Waals surface area contributed by atoms with Crippen LogP contribution >= 0.6 is 0 Å². The monoisotopic (exact) mass is 376 g/mol. The fourth-order valence-corrected chi connectivity index (χ4v) is 4.15. The van der Waals surface area contributed by atoms with E-state index in [2.05, 4.69) is 16.3 Å².